The molecule has 15 rings (SSSR count). The Balaban J connectivity index is 0.000000407. The molecule has 1 saturated heterocycles. The molecule has 1 fully saturated rings. The molecular weight excluding hydrogens is 2120 g/mol. The van der Waals surface area contributed by atoms with Crippen LogP contribution in [0.15, 0.2) is 334 Å². The summed E-state index contributed by atoms with van der Waals surface area (Å²) in [5.41, 5.74) is 16.5. The average molecular weight is 2270 g/mol. The van der Waals surface area contributed by atoms with E-state index in [0.29, 0.717) is 11.8 Å². The first-order chi connectivity index (χ1) is 64.2. The maximum absolute atomic E-state index is 9.67. The summed E-state index contributed by atoms with van der Waals surface area (Å²) in [6.07, 6.45) is 11.4. The maximum Gasteiger partial charge on any atom is 1.00 e. The van der Waals surface area contributed by atoms with Crippen LogP contribution in [0.2, 0.25) is 26.2 Å². The molecule has 0 spiro atoms. The van der Waals surface area contributed by atoms with Gasteiger partial charge in [-0.1, -0.05) is 245 Å². The number of halogens is 9. The van der Waals surface area contributed by atoms with Crippen LogP contribution in [-0.4, -0.2) is 66.8 Å². The Kier molecular flexibility index (Phi) is 56.9. The summed E-state index contributed by atoms with van der Waals surface area (Å²) in [5.74, 6) is 2.92. The molecule has 0 aromatic heterocycles. The predicted molar refractivity (Wildman–Crippen MR) is 604 cm³/mol. The van der Waals surface area contributed by atoms with Gasteiger partial charge in [-0.25, -0.2) is 6.54 Å². The third kappa shape index (κ3) is 43.4. The van der Waals surface area contributed by atoms with Crippen LogP contribution < -0.4 is 69.8 Å². The molecule has 5 nitrogen and oxygen atoms in total. The standard InChI is InChI=1S/2C18H28N.2C18H15P.C15H10.C12H16O.C10H12O.C6H16NSi2.CH4.BF3.5ClH.Cu.FH.Li.2Ru/c2*1-13(2)15-10-8-9-14(3)16(15)19-12-17(4,5)11-18(19,6)7;2*1-4-10-16(11-5-1)19(17-12-6-2-7-13-17)18-14-8-3-9-15-18;1-2-6-12(7-3-1)15-11-10-13-8-4-5-9-14(13)15;1-4-7-11-8-5-6-9-12(11)13-10(2)3;1-8(2)11-10-7-5-4-6-9(10)3;1-8(2,3)7-9(4,5)6;;2-1(3)4;;;;;;;;;;/h2*8-10,12-13H,11H2,1-7H3;2*1-15H;1-9,11H;4-10H,1-3H3;3-8H,1-2H3;1,4H2,2-3,5-6H3;1H4;;5*1H;;1H;;;/q-1;+1;;;;;;+1;;;;;;;;+2;;+1;2*+2/p-4/b;;;;;7-4+;;;;;;;;;;;;;;. The maximum atomic E-state index is 9.67. The van der Waals surface area contributed by atoms with Gasteiger partial charge in [-0.15, -0.1) is 5.41 Å². The number of anilines is 1. The zero-order valence-electron chi connectivity index (χ0n) is 84.8. The van der Waals surface area contributed by atoms with E-state index in [1.807, 2.05) is 112 Å². The van der Waals surface area contributed by atoms with Gasteiger partial charge in [0.05, 0.1) is 21.9 Å². The second-order valence-corrected chi connectivity index (χ2v) is 63.1. The molecule has 0 radical (unpaired) electrons. The van der Waals surface area contributed by atoms with Gasteiger partial charge in [0.15, 0.2) is 28.2 Å². The van der Waals surface area contributed by atoms with Crippen LogP contribution in [-0.2, 0) is 42.1 Å². The molecule has 12 aromatic rings. The smallest absolute Gasteiger partial charge is 1.00 e. The number of rotatable bonds is 19. The zero-order chi connectivity index (χ0) is 101. The fourth-order valence-electron chi connectivity index (χ4n) is 17.0. The molecule has 12 aromatic carbocycles. The number of aryl methyl sites for hydroxylation is 2. The molecule has 1 aliphatic carbocycles. The van der Waals surface area contributed by atoms with Crippen LogP contribution in [0.1, 0.15) is 200 Å². The molecule has 2 aliphatic heterocycles. The quantitative estimate of drug-likeness (QED) is 0.0266. The fourth-order valence-corrected chi connectivity index (χ4v) is 33.0. The Bertz CT molecular complexity index is 5430. The second kappa shape index (κ2) is 62.4. The van der Waals surface area contributed by atoms with Gasteiger partial charge >= 0.3 is 269 Å². The van der Waals surface area contributed by atoms with Gasteiger partial charge in [-0.3, -0.25) is 12.9 Å². The Labute approximate surface area is 890 Å². The normalized spacial score (nSPS) is 13.8. The van der Waals surface area contributed by atoms with Gasteiger partial charge in [0.2, 0.25) is 5.69 Å². The van der Waals surface area contributed by atoms with Crippen molar-refractivity contribution in [3.8, 4) is 11.5 Å². The molecule has 0 atom stereocenters. The minimum atomic E-state index is -3.67. The van der Waals surface area contributed by atoms with Crippen LogP contribution in [0, 0.1) is 44.3 Å². The molecule has 745 valence electrons. The van der Waals surface area contributed by atoms with E-state index in [1.165, 1.54) is 101 Å². The van der Waals surface area contributed by atoms with Crippen molar-refractivity contribution in [1.82, 2.24) is 0 Å². The van der Waals surface area contributed by atoms with E-state index < -0.39 is 66.9 Å². The summed E-state index contributed by atoms with van der Waals surface area (Å²) >= 11 is 0.00912. The number of hydrogen-bond donors (Lipinski definition) is 0. The van der Waals surface area contributed by atoms with Crippen molar-refractivity contribution in [3.63, 3.8) is 0 Å². The van der Waals surface area contributed by atoms with Crippen molar-refractivity contribution in [2.45, 2.75) is 213 Å². The largest absolute Gasteiger partial charge is 1.00 e. The van der Waals surface area contributed by atoms with Crippen molar-refractivity contribution in [1.29, 1.82) is 0 Å². The van der Waals surface area contributed by atoms with Crippen LogP contribution in [0.4, 0.5) is 24.3 Å². The van der Waals surface area contributed by atoms with Gasteiger partial charge in [0.25, 0.3) is 0 Å². The Hall–Kier alpha value is -6.48. The Morgan fingerprint density at radius 3 is 1.14 bits per heavy atom. The van der Waals surface area contributed by atoms with Crippen LogP contribution in [0.3, 0.4) is 0 Å². The first kappa shape index (κ1) is 127. The number of fused-ring (bicyclic) bond motifs is 1. The number of allylic oxidation sites excluding steroid dienone is 2. The molecule has 0 N–H and O–H groups in total. The van der Waals surface area contributed by atoms with Gasteiger partial charge in [0.1, 0.15) is 37.6 Å². The van der Waals surface area contributed by atoms with Crippen LogP contribution in [0.25, 0.3) is 16.3 Å². The van der Waals surface area contributed by atoms with Gasteiger partial charge in [-0.2, -0.15) is 4.58 Å². The first-order valence-electron chi connectivity index (χ1n) is 46.0. The Morgan fingerprint density at radius 1 is 0.482 bits per heavy atom. The molecule has 3 aliphatic rings. The van der Waals surface area contributed by atoms with E-state index in [9.17, 15) is 12.9 Å². The monoisotopic (exact) mass is 2270 g/mol. The average Bonchev–Trinajstić information content (AvgIpc) is 1.61. The summed E-state index contributed by atoms with van der Waals surface area (Å²) in [5, 5.41) is 8.61. The summed E-state index contributed by atoms with van der Waals surface area (Å²) in [6.45, 7) is 61.5. The summed E-state index contributed by atoms with van der Waals surface area (Å²) in [4.78, 5) is 2.53. The van der Waals surface area contributed by atoms with E-state index in [1.54, 1.807) is 0 Å². The number of benzene rings is 12. The minimum absolute atomic E-state index is 0. The zero-order valence-corrected chi connectivity index (χ0v) is 97.0. The van der Waals surface area contributed by atoms with Crippen molar-refractivity contribution in [2.24, 2.45) is 10.8 Å². The van der Waals surface area contributed by atoms with Crippen molar-refractivity contribution in [2.75, 3.05) is 4.90 Å². The number of nitrogens with zero attached hydrogens (tertiary/aromatic N) is 3. The van der Waals surface area contributed by atoms with E-state index in [-0.39, 0.29) is 65.1 Å². The van der Waals surface area contributed by atoms with Gasteiger partial charge in [-0.05, 0) is 190 Å². The van der Waals surface area contributed by atoms with Gasteiger partial charge < -0.3 is 19.0 Å². The molecule has 0 amide bonds. The van der Waals surface area contributed by atoms with Crippen LogP contribution in [0.5, 0.6) is 11.5 Å². The fraction of sp³-hybridized carbons (Fsp3) is 0.293. The van der Waals surface area contributed by atoms with Gasteiger partial charge in [0, 0.05) is 53.6 Å². The van der Waals surface area contributed by atoms with E-state index in [0.717, 1.165) is 26.7 Å². The molecule has 0 unspecified atom stereocenters. The van der Waals surface area contributed by atoms with E-state index in [4.69, 9.17) is 48.2 Å². The summed E-state index contributed by atoms with van der Waals surface area (Å²) < 4.78 is 50.4. The van der Waals surface area contributed by atoms with Crippen molar-refractivity contribution < 1.29 is 92.7 Å². The van der Waals surface area contributed by atoms with E-state index >= 15 is 0 Å². The third-order valence-electron chi connectivity index (χ3n) is 21.3. The van der Waals surface area contributed by atoms with Crippen molar-refractivity contribution >= 4 is 159 Å². The van der Waals surface area contributed by atoms with E-state index in [2.05, 4.69) is 455 Å². The third-order valence-corrected chi connectivity index (χ3v) is 36.6. The summed E-state index contributed by atoms with van der Waals surface area (Å²) in [7, 11) is 20.0. The second-order valence-electron chi connectivity index (χ2n) is 38.4. The molecule has 0 bridgehead atoms. The first-order valence-corrected chi connectivity index (χ1v) is 67.4. The van der Waals surface area contributed by atoms with Crippen molar-refractivity contribution in [3.05, 3.63) is 408 Å². The number of hydrogen-bond acceptors (Lipinski definition) is 3. The SMILES string of the molecule is C.C/C=C/c1ccccc1OC(C)C.CC(C)Oc1ccccc1[CH]=[Ru]([Cl])[Cl].Cc1cccc(C(C)C)c1N1[CH-]C(C)(C)CC1(C)C.Cc1cccc(C(C)C)c1[N+]1=CC(C)(C)CC1(C)C.FB(F)F.[CH2+][Si](C)(C)[N-][Si]([CH2+])(C)C.[Cl][Cu+].[Cl][Ru]([Cl])=[C]1C=C(c2ccccc2)c2ccccc21.[F-].[Li+].c1ccc([PH+](c2ccccc2)c2ccccc2)cc1.c1ccc([PH+](c2ccccc2)c2ccccc2)cc1. The molecular formula is C116H146BCl5CuF4LiN3O2P2Ru2Si2+4. The predicted octanol–water partition coefficient (Wildman–Crippen LogP) is 27.1. The Morgan fingerprint density at radius 2 is 0.820 bits per heavy atom. The molecule has 2 heterocycles. The minimum Gasteiger partial charge on any atom is -1.00 e. The van der Waals surface area contributed by atoms with Crippen LogP contribution >= 0.6 is 64.7 Å². The molecule has 0 saturated carbocycles. The summed E-state index contributed by atoms with van der Waals surface area (Å²) in [6, 6.07) is 113. The number of para-hydroxylation sites is 4. The topological polar surface area (TPSA) is 38.8 Å². The molecule has 23 heteroatoms. The number of ether oxygens (including phenoxy) is 2. The molecule has 139 heavy (non-hydrogen) atoms.